The molecule has 3 fully saturated rings. The molecule has 1 aliphatic heterocycles. The smallest absolute Gasteiger partial charge is 0.356 e. The number of hydrogen-bond acceptors (Lipinski definition) is 5. The molecule has 2 saturated carbocycles. The van der Waals surface area contributed by atoms with Gasteiger partial charge in [-0.25, -0.2) is 9.18 Å². The number of ether oxygens (including phenoxy) is 1. The molecular formula is C31H42ClFN4O4. The third-order valence-corrected chi connectivity index (χ3v) is 10.0. The highest BCUT2D eigenvalue weighted by Gasteiger charge is 2.47. The van der Waals surface area contributed by atoms with Crippen LogP contribution in [0, 0.1) is 23.7 Å². The van der Waals surface area contributed by atoms with Crippen molar-refractivity contribution in [3.63, 3.8) is 0 Å². The lowest BCUT2D eigenvalue weighted by Gasteiger charge is -2.36. The Bertz CT molecular complexity index is 1250. The minimum Gasteiger partial charge on any atom is -0.461 e. The first-order chi connectivity index (χ1) is 19.8. The third-order valence-electron chi connectivity index (χ3n) is 9.64. The largest absolute Gasteiger partial charge is 0.461 e. The minimum absolute atomic E-state index is 0.0407. The lowest BCUT2D eigenvalue weighted by Crippen LogP contribution is -2.50. The number of alkyl halides is 1. The summed E-state index contributed by atoms with van der Waals surface area (Å²) in [7, 11) is 0. The van der Waals surface area contributed by atoms with Gasteiger partial charge in [0.25, 0.3) is 0 Å². The first-order valence-corrected chi connectivity index (χ1v) is 15.6. The fourth-order valence-corrected chi connectivity index (χ4v) is 7.69. The second-order valence-corrected chi connectivity index (χ2v) is 12.4. The molecule has 1 aromatic carbocycles. The Balaban J connectivity index is 1.35. The number of nitrogens with one attached hydrogen (secondary N) is 2. The highest BCUT2D eigenvalue weighted by atomic mass is 35.5. The van der Waals surface area contributed by atoms with E-state index in [1.54, 1.807) is 25.1 Å². The van der Waals surface area contributed by atoms with E-state index >= 15 is 0 Å². The molecule has 0 radical (unpaired) electrons. The number of benzene rings is 1. The van der Waals surface area contributed by atoms with Gasteiger partial charge in [0, 0.05) is 35.1 Å². The van der Waals surface area contributed by atoms with Crippen LogP contribution in [0.25, 0.3) is 10.9 Å². The summed E-state index contributed by atoms with van der Waals surface area (Å²) in [4.78, 5) is 45.0. The molecule has 3 aliphatic rings. The molecular weight excluding hydrogens is 547 g/mol. The molecule has 224 valence electrons. The van der Waals surface area contributed by atoms with Gasteiger partial charge in [-0.05, 0) is 75.0 Å². The van der Waals surface area contributed by atoms with Crippen LogP contribution in [0.2, 0.25) is 5.02 Å². The molecule has 5 rings (SSSR count). The topological polar surface area (TPSA) is 118 Å². The maximum absolute atomic E-state index is 14.0. The van der Waals surface area contributed by atoms with E-state index in [2.05, 4.69) is 10.3 Å². The zero-order valence-corrected chi connectivity index (χ0v) is 24.6. The number of anilines is 1. The van der Waals surface area contributed by atoms with Gasteiger partial charge in [0.05, 0.1) is 11.6 Å². The second kappa shape index (κ2) is 13.1. The van der Waals surface area contributed by atoms with Crippen LogP contribution in [0.5, 0.6) is 0 Å². The van der Waals surface area contributed by atoms with E-state index < -0.39 is 24.7 Å². The van der Waals surface area contributed by atoms with Crippen LogP contribution in [0.1, 0.15) is 81.6 Å². The number of aromatic amines is 1. The lowest BCUT2D eigenvalue weighted by atomic mass is 9.76. The lowest BCUT2D eigenvalue weighted by molar-refractivity contribution is -0.142. The number of likely N-dealkylation sites (tertiary alicyclic amines) is 1. The number of fused-ring (bicyclic) bond motifs is 1. The summed E-state index contributed by atoms with van der Waals surface area (Å²) in [5.74, 6) is -0.188. The average molecular weight is 589 g/mol. The summed E-state index contributed by atoms with van der Waals surface area (Å²) < 4.78 is 18.2. The van der Waals surface area contributed by atoms with E-state index in [9.17, 15) is 18.8 Å². The third kappa shape index (κ3) is 6.26. The fraction of sp³-hybridized carbons (Fsp3) is 0.645. The molecule has 10 heteroatoms. The van der Waals surface area contributed by atoms with Crippen molar-refractivity contribution >= 4 is 46.0 Å². The van der Waals surface area contributed by atoms with Gasteiger partial charge in [-0.3, -0.25) is 9.59 Å². The van der Waals surface area contributed by atoms with Crippen LogP contribution in [0.4, 0.5) is 10.1 Å². The Morgan fingerprint density at radius 3 is 2.54 bits per heavy atom. The van der Waals surface area contributed by atoms with Crippen molar-refractivity contribution in [2.24, 2.45) is 29.4 Å². The van der Waals surface area contributed by atoms with Gasteiger partial charge in [-0.1, -0.05) is 43.7 Å². The first kappa shape index (κ1) is 29.8. The average Bonchev–Trinajstić information content (AvgIpc) is 3.59. The molecule has 3 atom stereocenters. The van der Waals surface area contributed by atoms with Crippen molar-refractivity contribution in [2.45, 2.75) is 83.2 Å². The summed E-state index contributed by atoms with van der Waals surface area (Å²) in [6.07, 6.45) is 9.38. The highest BCUT2D eigenvalue weighted by molar-refractivity contribution is 6.38. The number of amides is 2. The Morgan fingerprint density at radius 2 is 1.85 bits per heavy atom. The molecule has 2 aliphatic carbocycles. The summed E-state index contributed by atoms with van der Waals surface area (Å²) in [6, 6.07) is 4.29. The number of nitrogens with zero attached hydrogens (tertiary/aromatic N) is 1. The van der Waals surface area contributed by atoms with Gasteiger partial charge in [0.2, 0.25) is 11.8 Å². The van der Waals surface area contributed by atoms with Crippen molar-refractivity contribution in [1.29, 1.82) is 0 Å². The molecule has 0 bridgehead atoms. The van der Waals surface area contributed by atoms with Crippen molar-refractivity contribution in [3.05, 3.63) is 28.9 Å². The van der Waals surface area contributed by atoms with E-state index in [-0.39, 0.29) is 46.9 Å². The van der Waals surface area contributed by atoms with Crippen LogP contribution in [-0.4, -0.2) is 59.6 Å². The van der Waals surface area contributed by atoms with E-state index in [0.717, 1.165) is 44.9 Å². The van der Waals surface area contributed by atoms with E-state index in [1.165, 1.54) is 6.42 Å². The summed E-state index contributed by atoms with van der Waals surface area (Å²) in [5, 5.41) is 3.93. The molecule has 4 N–H and O–H groups in total. The molecule has 41 heavy (non-hydrogen) atoms. The van der Waals surface area contributed by atoms with Crippen molar-refractivity contribution in [3.8, 4) is 0 Å². The number of rotatable bonds is 8. The van der Waals surface area contributed by atoms with Crippen LogP contribution in [-0.2, 0) is 14.3 Å². The van der Waals surface area contributed by atoms with Gasteiger partial charge >= 0.3 is 5.97 Å². The normalized spacial score (nSPS) is 26.2. The van der Waals surface area contributed by atoms with Crippen molar-refractivity contribution in [2.75, 3.05) is 25.1 Å². The number of H-pyrrole nitrogens is 1. The maximum Gasteiger partial charge on any atom is 0.356 e. The highest BCUT2D eigenvalue weighted by Crippen LogP contribution is 2.41. The molecule has 1 unspecified atom stereocenters. The molecule has 8 nitrogen and oxygen atoms in total. The molecule has 2 amide bonds. The standard InChI is InChI=1S/C31H42ClFN4O4/c1-2-41-31(40)27-26(32)23-16-21(12-13-25(23)36-27)35-29(38)28-22(18-6-4-3-5-7-18)14-15-37(28)30(39)20-10-8-19(9-11-20)24(34)17-33/h12-13,16,18-20,22,24,28,36H,2-11,14-15,17,34H2,1H3,(H,35,38)/t19?,20?,22-,24?,28-/m0/s1. The minimum atomic E-state index is -0.538. The Labute approximate surface area is 245 Å². The Morgan fingerprint density at radius 1 is 1.12 bits per heavy atom. The Kier molecular flexibility index (Phi) is 9.54. The predicted molar refractivity (Wildman–Crippen MR) is 157 cm³/mol. The summed E-state index contributed by atoms with van der Waals surface area (Å²) in [6.45, 7) is 2.00. The van der Waals surface area contributed by atoms with Crippen molar-refractivity contribution < 1.29 is 23.5 Å². The fourth-order valence-electron chi connectivity index (χ4n) is 7.41. The van der Waals surface area contributed by atoms with Crippen molar-refractivity contribution in [1.82, 2.24) is 9.88 Å². The molecule has 2 aromatic rings. The molecule has 1 aromatic heterocycles. The van der Waals surface area contributed by atoms with Crippen LogP contribution >= 0.6 is 11.6 Å². The second-order valence-electron chi connectivity index (χ2n) is 12.0. The zero-order valence-electron chi connectivity index (χ0n) is 23.8. The number of carbonyl (C=O) groups is 3. The Hall–Kier alpha value is -2.65. The van der Waals surface area contributed by atoms with Gasteiger partial charge in [-0.15, -0.1) is 0 Å². The summed E-state index contributed by atoms with van der Waals surface area (Å²) >= 11 is 6.51. The van der Waals surface area contributed by atoms with Crippen LogP contribution < -0.4 is 11.1 Å². The van der Waals surface area contributed by atoms with E-state index in [1.807, 2.05) is 4.90 Å². The number of aromatic nitrogens is 1. The number of hydrogen-bond donors (Lipinski definition) is 3. The predicted octanol–water partition coefficient (Wildman–Crippen LogP) is 5.84. The zero-order chi connectivity index (χ0) is 29.1. The number of carbonyl (C=O) groups excluding carboxylic acids is 3. The quantitative estimate of drug-likeness (QED) is 0.335. The van der Waals surface area contributed by atoms with Gasteiger partial charge < -0.3 is 25.7 Å². The molecule has 2 heterocycles. The summed E-state index contributed by atoms with van der Waals surface area (Å²) in [5.41, 5.74) is 7.34. The van der Waals surface area contributed by atoms with E-state index in [0.29, 0.717) is 41.9 Å². The monoisotopic (exact) mass is 588 g/mol. The van der Waals surface area contributed by atoms with E-state index in [4.69, 9.17) is 22.1 Å². The van der Waals surface area contributed by atoms with Crippen LogP contribution in [0.3, 0.4) is 0 Å². The van der Waals surface area contributed by atoms with Crippen LogP contribution in [0.15, 0.2) is 18.2 Å². The van der Waals surface area contributed by atoms with Gasteiger partial charge in [0.15, 0.2) is 0 Å². The number of esters is 1. The van der Waals surface area contributed by atoms with Gasteiger partial charge in [-0.2, -0.15) is 0 Å². The first-order valence-electron chi connectivity index (χ1n) is 15.2. The number of nitrogens with two attached hydrogens (primary N) is 1. The SMILES string of the molecule is CCOC(=O)c1[nH]c2ccc(NC(=O)[C@@H]3[C@H](C4CCCCC4)CCN3C(=O)C3CCC(C(N)CF)CC3)cc2c1Cl. The maximum atomic E-state index is 14.0. The molecule has 0 spiro atoms. The number of halogens is 2. The van der Waals surface area contributed by atoms with Gasteiger partial charge in [0.1, 0.15) is 18.4 Å². The molecule has 1 saturated heterocycles.